The molecule has 1 aliphatic heterocycles. The second-order valence-electron chi connectivity index (χ2n) is 6.36. The SMILES string of the molecule is O=C(NCCCn1nnc2ccccc21)C1CC(c2ccncc2)NN1. The molecule has 1 aromatic carbocycles. The number of amides is 1. The molecule has 1 saturated heterocycles. The van der Waals surface area contributed by atoms with Crippen LogP contribution in [-0.4, -0.2) is 38.5 Å². The third-order valence-corrected chi connectivity index (χ3v) is 4.59. The van der Waals surface area contributed by atoms with Gasteiger partial charge in [0.25, 0.3) is 0 Å². The van der Waals surface area contributed by atoms with Crippen molar-refractivity contribution in [1.82, 2.24) is 36.1 Å². The van der Waals surface area contributed by atoms with Gasteiger partial charge in [-0.15, -0.1) is 5.10 Å². The highest BCUT2D eigenvalue weighted by molar-refractivity contribution is 5.82. The van der Waals surface area contributed by atoms with Crippen LogP contribution in [0.5, 0.6) is 0 Å². The molecular formula is C18H21N7O. The zero-order chi connectivity index (χ0) is 17.8. The summed E-state index contributed by atoms with van der Waals surface area (Å²) in [5.74, 6) is 0.0116. The molecule has 1 amide bonds. The number of hydrazine groups is 1. The second kappa shape index (κ2) is 7.59. The van der Waals surface area contributed by atoms with Crippen molar-refractivity contribution in [1.29, 1.82) is 0 Å². The van der Waals surface area contributed by atoms with Crippen LogP contribution in [0, 0.1) is 0 Å². The monoisotopic (exact) mass is 351 g/mol. The fourth-order valence-corrected chi connectivity index (χ4v) is 3.19. The summed E-state index contributed by atoms with van der Waals surface area (Å²) in [5, 5.41) is 11.3. The molecule has 4 rings (SSSR count). The van der Waals surface area contributed by atoms with Gasteiger partial charge >= 0.3 is 0 Å². The first-order chi connectivity index (χ1) is 12.8. The first kappa shape index (κ1) is 16.6. The number of pyridine rings is 1. The molecule has 0 bridgehead atoms. The lowest BCUT2D eigenvalue weighted by Gasteiger charge is -2.10. The lowest BCUT2D eigenvalue weighted by Crippen LogP contribution is -2.43. The Morgan fingerprint density at radius 1 is 1.19 bits per heavy atom. The number of fused-ring (bicyclic) bond motifs is 1. The molecule has 2 atom stereocenters. The van der Waals surface area contributed by atoms with Crippen LogP contribution in [0.1, 0.15) is 24.4 Å². The Morgan fingerprint density at radius 2 is 2.04 bits per heavy atom. The molecule has 26 heavy (non-hydrogen) atoms. The minimum Gasteiger partial charge on any atom is -0.355 e. The van der Waals surface area contributed by atoms with Crippen molar-refractivity contribution in [3.63, 3.8) is 0 Å². The van der Waals surface area contributed by atoms with Crippen molar-refractivity contribution in [2.75, 3.05) is 6.54 Å². The van der Waals surface area contributed by atoms with E-state index in [-0.39, 0.29) is 18.0 Å². The molecule has 1 fully saturated rings. The third-order valence-electron chi connectivity index (χ3n) is 4.59. The minimum atomic E-state index is -0.236. The summed E-state index contributed by atoms with van der Waals surface area (Å²) < 4.78 is 1.87. The van der Waals surface area contributed by atoms with Crippen molar-refractivity contribution in [3.8, 4) is 0 Å². The highest BCUT2D eigenvalue weighted by atomic mass is 16.2. The fraction of sp³-hybridized carbons (Fsp3) is 0.333. The van der Waals surface area contributed by atoms with Crippen LogP contribution in [0.2, 0.25) is 0 Å². The summed E-state index contributed by atoms with van der Waals surface area (Å²) in [7, 11) is 0. The van der Waals surface area contributed by atoms with Crippen LogP contribution in [0.4, 0.5) is 0 Å². The number of benzene rings is 1. The maximum absolute atomic E-state index is 12.3. The summed E-state index contributed by atoms with van der Waals surface area (Å²) in [6.45, 7) is 1.32. The van der Waals surface area contributed by atoms with E-state index in [1.807, 2.05) is 41.1 Å². The van der Waals surface area contributed by atoms with E-state index in [2.05, 4.69) is 31.5 Å². The number of aryl methyl sites for hydroxylation is 1. The number of nitrogens with one attached hydrogen (secondary N) is 3. The highest BCUT2D eigenvalue weighted by Crippen LogP contribution is 2.21. The summed E-state index contributed by atoms with van der Waals surface area (Å²) in [6, 6.07) is 11.7. The van der Waals surface area contributed by atoms with Crippen LogP contribution >= 0.6 is 0 Å². The van der Waals surface area contributed by atoms with Crippen molar-refractivity contribution in [2.24, 2.45) is 0 Å². The predicted molar refractivity (Wildman–Crippen MR) is 96.8 cm³/mol. The van der Waals surface area contributed by atoms with Gasteiger partial charge in [-0.2, -0.15) is 0 Å². The topological polar surface area (TPSA) is 96.8 Å². The van der Waals surface area contributed by atoms with Crippen LogP contribution in [0.3, 0.4) is 0 Å². The molecule has 134 valence electrons. The second-order valence-corrected chi connectivity index (χ2v) is 6.36. The number of carbonyl (C=O) groups is 1. The molecule has 3 N–H and O–H groups in total. The number of carbonyl (C=O) groups excluding carboxylic acids is 1. The number of rotatable bonds is 6. The van der Waals surface area contributed by atoms with E-state index in [4.69, 9.17) is 0 Å². The summed E-state index contributed by atoms with van der Waals surface area (Å²) in [6.07, 6.45) is 5.03. The van der Waals surface area contributed by atoms with Gasteiger partial charge in [0.1, 0.15) is 11.6 Å². The van der Waals surface area contributed by atoms with E-state index in [9.17, 15) is 4.79 Å². The third kappa shape index (κ3) is 3.56. The van der Waals surface area contributed by atoms with Crippen molar-refractivity contribution >= 4 is 16.9 Å². The molecule has 0 aliphatic carbocycles. The Balaban J connectivity index is 1.23. The number of aromatic nitrogens is 4. The van der Waals surface area contributed by atoms with E-state index >= 15 is 0 Å². The number of nitrogens with zero attached hydrogens (tertiary/aromatic N) is 4. The molecule has 3 heterocycles. The number of para-hydroxylation sites is 1. The molecule has 8 heteroatoms. The highest BCUT2D eigenvalue weighted by Gasteiger charge is 2.29. The molecule has 8 nitrogen and oxygen atoms in total. The van der Waals surface area contributed by atoms with Gasteiger partial charge in [0.05, 0.1) is 5.52 Å². The average Bonchev–Trinajstić information content (AvgIpc) is 3.33. The van der Waals surface area contributed by atoms with Gasteiger partial charge in [0.2, 0.25) is 5.91 Å². The number of hydrogen-bond acceptors (Lipinski definition) is 6. The van der Waals surface area contributed by atoms with Gasteiger partial charge in [-0.05, 0) is 42.7 Å². The Hall–Kier alpha value is -2.84. The van der Waals surface area contributed by atoms with Crippen LogP contribution in [0.25, 0.3) is 11.0 Å². The minimum absolute atomic E-state index is 0.0116. The molecular weight excluding hydrogens is 330 g/mol. The molecule has 0 radical (unpaired) electrons. The predicted octanol–water partition coefficient (Wildman–Crippen LogP) is 0.940. The van der Waals surface area contributed by atoms with Gasteiger partial charge in [-0.3, -0.25) is 9.78 Å². The largest absolute Gasteiger partial charge is 0.355 e. The van der Waals surface area contributed by atoms with Crippen LogP contribution < -0.4 is 16.2 Å². The molecule has 2 unspecified atom stereocenters. The maximum atomic E-state index is 12.3. The van der Waals surface area contributed by atoms with Gasteiger partial charge in [-0.25, -0.2) is 15.5 Å². The van der Waals surface area contributed by atoms with Crippen molar-refractivity contribution in [2.45, 2.75) is 31.5 Å². The van der Waals surface area contributed by atoms with Crippen molar-refractivity contribution in [3.05, 3.63) is 54.4 Å². The Kier molecular flexibility index (Phi) is 4.85. The summed E-state index contributed by atoms with van der Waals surface area (Å²) in [5.41, 5.74) is 9.28. The normalized spacial score (nSPS) is 19.7. The van der Waals surface area contributed by atoms with Crippen LogP contribution in [-0.2, 0) is 11.3 Å². The molecule has 3 aromatic rings. The van der Waals surface area contributed by atoms with Crippen LogP contribution in [0.15, 0.2) is 48.8 Å². The molecule has 0 spiro atoms. The Morgan fingerprint density at radius 3 is 2.92 bits per heavy atom. The quantitative estimate of drug-likeness (QED) is 0.572. The van der Waals surface area contributed by atoms with Crippen molar-refractivity contribution < 1.29 is 4.79 Å². The zero-order valence-electron chi connectivity index (χ0n) is 14.3. The smallest absolute Gasteiger partial charge is 0.238 e. The van der Waals surface area contributed by atoms with E-state index in [1.54, 1.807) is 12.4 Å². The van der Waals surface area contributed by atoms with E-state index in [0.29, 0.717) is 13.0 Å². The van der Waals surface area contributed by atoms with Gasteiger partial charge in [0, 0.05) is 31.5 Å². The lowest BCUT2D eigenvalue weighted by molar-refractivity contribution is -0.122. The number of hydrogen-bond donors (Lipinski definition) is 3. The summed E-state index contributed by atoms with van der Waals surface area (Å²) >= 11 is 0. The van der Waals surface area contributed by atoms with Gasteiger partial charge in [0.15, 0.2) is 0 Å². The van der Waals surface area contributed by atoms with E-state index in [1.165, 1.54) is 0 Å². The lowest BCUT2D eigenvalue weighted by atomic mass is 10.0. The standard InChI is InChI=1S/C18H21N7O/c26-18(16-12-15(21-22-16)13-6-9-19-10-7-13)20-8-3-11-25-17-5-2-1-4-14(17)23-24-25/h1-2,4-7,9-10,15-16,21-22H,3,8,11-12H2,(H,20,26). The molecule has 0 saturated carbocycles. The zero-order valence-corrected chi connectivity index (χ0v) is 14.3. The van der Waals surface area contributed by atoms with E-state index < -0.39 is 0 Å². The first-order valence-corrected chi connectivity index (χ1v) is 8.78. The van der Waals surface area contributed by atoms with Gasteiger partial charge < -0.3 is 5.32 Å². The van der Waals surface area contributed by atoms with E-state index in [0.717, 1.165) is 29.6 Å². The first-order valence-electron chi connectivity index (χ1n) is 8.78. The fourth-order valence-electron chi connectivity index (χ4n) is 3.19. The molecule has 2 aromatic heterocycles. The average molecular weight is 351 g/mol. The Labute approximate surface area is 151 Å². The van der Waals surface area contributed by atoms with Gasteiger partial charge in [-0.1, -0.05) is 17.3 Å². The Bertz CT molecular complexity index is 879. The summed E-state index contributed by atoms with van der Waals surface area (Å²) in [4.78, 5) is 16.4. The molecule has 1 aliphatic rings. The maximum Gasteiger partial charge on any atom is 0.238 e.